The molecule has 2 aromatic carbocycles. The number of hydrogen-bond acceptors (Lipinski definition) is 2. The number of hydrogen-bond donors (Lipinski definition) is 0. The Morgan fingerprint density at radius 1 is 0.500 bits per heavy atom. The van der Waals surface area contributed by atoms with Crippen LogP contribution in [0.1, 0.15) is 25.0 Å². The molecule has 0 spiro atoms. The van der Waals surface area contributed by atoms with Crippen molar-refractivity contribution in [2.24, 2.45) is 0 Å². The van der Waals surface area contributed by atoms with E-state index in [0.717, 1.165) is 33.4 Å². The summed E-state index contributed by atoms with van der Waals surface area (Å²) in [6, 6.07) is 26.4. The summed E-state index contributed by atoms with van der Waals surface area (Å²) in [7, 11) is 0. The third-order valence-corrected chi connectivity index (χ3v) is 5.47. The van der Waals surface area contributed by atoms with Crippen LogP contribution in [0.15, 0.2) is 84.9 Å². The minimum absolute atomic E-state index is 0.328. The molecule has 2 heterocycles. The quantitative estimate of drug-likeness (QED) is 0.349. The number of nitrogens with zero attached hydrogens (tertiary/aromatic N) is 2. The molecule has 0 aliphatic heterocycles. The fourth-order valence-corrected chi connectivity index (χ4v) is 3.62. The number of aryl methyl sites for hydroxylation is 2. The van der Waals surface area contributed by atoms with Crippen molar-refractivity contribution in [1.29, 1.82) is 0 Å². The van der Waals surface area contributed by atoms with Crippen LogP contribution in [-0.2, 0) is 12.8 Å². The van der Waals surface area contributed by atoms with E-state index in [0.29, 0.717) is 22.8 Å². The summed E-state index contributed by atoms with van der Waals surface area (Å²) in [4.78, 5) is 0. The summed E-state index contributed by atoms with van der Waals surface area (Å²) in [6.07, 6.45) is 1.89. The van der Waals surface area contributed by atoms with Crippen LogP contribution in [0.25, 0.3) is 33.9 Å². The molecular weight excluding hydrogens is 372 g/mol. The Balaban J connectivity index is 1.79. The van der Waals surface area contributed by atoms with Gasteiger partial charge in [-0.3, -0.25) is 0 Å². The lowest BCUT2D eigenvalue weighted by molar-refractivity contribution is -0.614. The van der Waals surface area contributed by atoms with Gasteiger partial charge in [0.25, 0.3) is 11.4 Å². The van der Waals surface area contributed by atoms with Gasteiger partial charge in [-0.2, -0.15) is 9.46 Å². The van der Waals surface area contributed by atoms with Gasteiger partial charge in [-0.05, 0) is 60.4 Å². The third-order valence-electron chi connectivity index (χ3n) is 5.47. The minimum Gasteiger partial charge on any atom is -0.618 e. The van der Waals surface area contributed by atoms with Gasteiger partial charge in [-0.1, -0.05) is 38.1 Å². The van der Waals surface area contributed by atoms with Crippen molar-refractivity contribution in [3.8, 4) is 33.9 Å². The summed E-state index contributed by atoms with van der Waals surface area (Å²) in [5.74, 6) is 0. The zero-order chi connectivity index (χ0) is 21.1. The molecule has 0 N–H and O–H groups in total. The monoisotopic (exact) mass is 396 g/mol. The lowest BCUT2D eigenvalue weighted by Crippen LogP contribution is -2.39. The number of rotatable bonds is 5. The molecule has 0 aliphatic rings. The second-order valence-corrected chi connectivity index (χ2v) is 7.28. The Morgan fingerprint density at radius 3 is 1.17 bits per heavy atom. The van der Waals surface area contributed by atoms with Crippen LogP contribution in [0.2, 0.25) is 0 Å². The van der Waals surface area contributed by atoms with Crippen LogP contribution in [-0.4, -0.2) is 0 Å². The zero-order valence-corrected chi connectivity index (χ0v) is 17.2. The van der Waals surface area contributed by atoms with Gasteiger partial charge in [0.1, 0.15) is 0 Å². The first-order valence-corrected chi connectivity index (χ1v) is 10.3. The van der Waals surface area contributed by atoms with Gasteiger partial charge in [0.15, 0.2) is 0 Å². The molecule has 0 radical (unpaired) electrons. The standard InChI is InChI=1S/C26H24N2O2/c1-3-19-11-15-21(16-12-19)23-7-5-9-25(27(23)29)26-10-6-8-24(28(26)30)22-17-13-20(4-2)14-18-22/h5-18H,3-4H2,1-2H3. The van der Waals surface area contributed by atoms with E-state index in [4.69, 9.17) is 0 Å². The highest BCUT2D eigenvalue weighted by atomic mass is 16.5. The van der Waals surface area contributed by atoms with Gasteiger partial charge in [0, 0.05) is 35.4 Å². The Labute approximate surface area is 176 Å². The Kier molecular flexibility index (Phi) is 5.48. The number of benzene rings is 2. The molecule has 0 fully saturated rings. The molecule has 0 aliphatic carbocycles. The largest absolute Gasteiger partial charge is 0.618 e. The maximum absolute atomic E-state index is 13.2. The normalized spacial score (nSPS) is 10.9. The van der Waals surface area contributed by atoms with Crippen molar-refractivity contribution >= 4 is 0 Å². The molecular formula is C26H24N2O2. The van der Waals surface area contributed by atoms with Crippen molar-refractivity contribution < 1.29 is 9.46 Å². The first-order valence-electron chi connectivity index (χ1n) is 10.3. The maximum Gasteiger partial charge on any atom is 0.290 e. The minimum atomic E-state index is 0.328. The fraction of sp³-hybridized carbons (Fsp3) is 0.154. The fourth-order valence-electron chi connectivity index (χ4n) is 3.62. The van der Waals surface area contributed by atoms with Crippen LogP contribution in [0, 0.1) is 10.4 Å². The van der Waals surface area contributed by atoms with Crippen molar-refractivity contribution in [2.75, 3.05) is 0 Å². The van der Waals surface area contributed by atoms with Gasteiger partial charge in [-0.25, -0.2) is 0 Å². The van der Waals surface area contributed by atoms with Crippen molar-refractivity contribution in [3.63, 3.8) is 0 Å². The van der Waals surface area contributed by atoms with Crippen LogP contribution in [0.3, 0.4) is 0 Å². The molecule has 30 heavy (non-hydrogen) atoms. The molecule has 150 valence electrons. The van der Waals surface area contributed by atoms with E-state index < -0.39 is 0 Å². The van der Waals surface area contributed by atoms with Gasteiger partial charge >= 0.3 is 0 Å². The van der Waals surface area contributed by atoms with E-state index in [9.17, 15) is 10.4 Å². The number of pyridine rings is 2. The molecule has 4 heteroatoms. The highest BCUT2D eigenvalue weighted by Crippen LogP contribution is 2.22. The smallest absolute Gasteiger partial charge is 0.290 e. The average molecular weight is 396 g/mol. The molecule has 0 amide bonds. The summed E-state index contributed by atoms with van der Waals surface area (Å²) in [5.41, 5.74) is 5.78. The van der Waals surface area contributed by atoms with Crippen molar-refractivity contribution in [2.45, 2.75) is 26.7 Å². The van der Waals surface area contributed by atoms with E-state index in [-0.39, 0.29) is 0 Å². The average Bonchev–Trinajstić information content (AvgIpc) is 2.80. The van der Waals surface area contributed by atoms with E-state index in [1.807, 2.05) is 60.7 Å². The van der Waals surface area contributed by atoms with Gasteiger partial charge in [-0.15, -0.1) is 0 Å². The first-order chi connectivity index (χ1) is 14.6. The van der Waals surface area contributed by atoms with Crippen molar-refractivity contribution in [3.05, 3.63) is 106 Å². The second-order valence-electron chi connectivity index (χ2n) is 7.28. The summed E-state index contributed by atoms with van der Waals surface area (Å²) >= 11 is 0. The van der Waals surface area contributed by atoms with Gasteiger partial charge in [0.2, 0.25) is 11.4 Å². The summed E-state index contributed by atoms with van der Waals surface area (Å²) < 4.78 is 1.68. The molecule has 2 aromatic heterocycles. The SMILES string of the molecule is CCc1ccc(-c2cccc(-c3cccc(-c4ccc(CC)cc4)[n+]3[O-])[n+]2[O-])cc1. The summed E-state index contributed by atoms with van der Waals surface area (Å²) in [6.45, 7) is 4.19. The highest BCUT2D eigenvalue weighted by Gasteiger charge is 2.23. The zero-order valence-electron chi connectivity index (χ0n) is 17.2. The Hall–Kier alpha value is -3.66. The molecule has 0 saturated heterocycles. The molecule has 0 saturated carbocycles. The second kappa shape index (κ2) is 8.37. The van der Waals surface area contributed by atoms with E-state index in [2.05, 4.69) is 13.8 Å². The lowest BCUT2D eigenvalue weighted by atomic mass is 10.1. The maximum atomic E-state index is 13.2. The highest BCUT2D eigenvalue weighted by molar-refractivity contribution is 5.61. The molecule has 0 atom stereocenters. The summed E-state index contributed by atoms with van der Waals surface area (Å²) in [5, 5.41) is 26.3. The molecule has 0 bridgehead atoms. The third kappa shape index (κ3) is 3.64. The van der Waals surface area contributed by atoms with Crippen LogP contribution in [0.5, 0.6) is 0 Å². The first kappa shape index (κ1) is 19.6. The van der Waals surface area contributed by atoms with E-state index in [1.165, 1.54) is 11.1 Å². The Bertz CT molecular complexity index is 1070. The predicted octanol–water partition coefficient (Wildman–Crippen LogP) is 5.08. The van der Waals surface area contributed by atoms with Crippen LogP contribution in [0.4, 0.5) is 0 Å². The van der Waals surface area contributed by atoms with Crippen LogP contribution < -0.4 is 9.46 Å². The van der Waals surface area contributed by atoms with Crippen molar-refractivity contribution in [1.82, 2.24) is 0 Å². The predicted molar refractivity (Wildman–Crippen MR) is 119 cm³/mol. The number of aromatic nitrogens is 2. The Morgan fingerprint density at radius 2 is 0.833 bits per heavy atom. The van der Waals surface area contributed by atoms with E-state index in [1.54, 1.807) is 24.3 Å². The lowest BCUT2D eigenvalue weighted by Gasteiger charge is -2.12. The molecule has 4 nitrogen and oxygen atoms in total. The van der Waals surface area contributed by atoms with Crippen LogP contribution >= 0.6 is 0 Å². The molecule has 4 rings (SSSR count). The van der Waals surface area contributed by atoms with Gasteiger partial charge < -0.3 is 10.4 Å². The topological polar surface area (TPSA) is 53.9 Å². The van der Waals surface area contributed by atoms with Gasteiger partial charge in [0.05, 0.1) is 0 Å². The molecule has 4 aromatic rings. The molecule has 0 unspecified atom stereocenters. The van der Waals surface area contributed by atoms with E-state index >= 15 is 0 Å².